The molecule has 2 N–H and O–H groups in total. The predicted octanol–water partition coefficient (Wildman–Crippen LogP) is 1.54. The van der Waals surface area contributed by atoms with Gasteiger partial charge in [0.15, 0.2) is 21.5 Å². The van der Waals surface area contributed by atoms with E-state index in [9.17, 15) is 18.3 Å². The second-order valence-electron chi connectivity index (χ2n) is 4.57. The maximum absolute atomic E-state index is 12.4. The molecule has 116 valence electrons. The van der Waals surface area contributed by atoms with Crippen molar-refractivity contribution in [2.75, 3.05) is 12.4 Å². The Hall–Kier alpha value is -2.33. The van der Waals surface area contributed by atoms with Gasteiger partial charge in [0.1, 0.15) is 5.76 Å². The summed E-state index contributed by atoms with van der Waals surface area (Å²) in [7, 11) is -2.66. The van der Waals surface area contributed by atoms with Gasteiger partial charge in [-0.15, -0.1) is 11.3 Å². The number of aliphatic hydroxyl groups is 1. The molecule has 1 aliphatic heterocycles. The zero-order valence-electron chi connectivity index (χ0n) is 11.5. The molecule has 1 amide bonds. The lowest BCUT2D eigenvalue weighted by atomic mass is 10.2. The number of amides is 1. The largest absolute Gasteiger partial charge is 0.505 e. The summed E-state index contributed by atoms with van der Waals surface area (Å²) >= 11 is 0.978. The van der Waals surface area contributed by atoms with E-state index < -0.39 is 21.7 Å². The Kier molecular flexibility index (Phi) is 3.22. The number of nitrogens with zero attached hydrogens (tertiary/aromatic N) is 2. The quantitative estimate of drug-likeness (QED) is 0.857. The van der Waals surface area contributed by atoms with Gasteiger partial charge in [-0.05, 0) is 18.4 Å². The van der Waals surface area contributed by atoms with Crippen molar-refractivity contribution in [2.24, 2.45) is 0 Å². The highest BCUT2D eigenvalue weighted by atomic mass is 32.2. The van der Waals surface area contributed by atoms with Crippen LogP contribution in [0.3, 0.4) is 0 Å². The molecule has 0 saturated carbocycles. The van der Waals surface area contributed by atoms with Crippen molar-refractivity contribution < 1.29 is 22.8 Å². The van der Waals surface area contributed by atoms with E-state index in [1.54, 1.807) is 6.92 Å². The average Bonchev–Trinajstić information content (AvgIpc) is 3.06. The van der Waals surface area contributed by atoms with Crippen LogP contribution in [-0.4, -0.2) is 35.9 Å². The number of likely N-dealkylation sites (N-methyl/N-ethyl adjacent to an activating group) is 1. The molecule has 10 heteroatoms. The van der Waals surface area contributed by atoms with E-state index in [2.05, 4.69) is 10.5 Å². The Bertz CT molecular complexity index is 894. The number of nitrogens with one attached hydrogen (secondary N) is 1. The summed E-state index contributed by atoms with van der Waals surface area (Å²) in [6.07, 6.45) is 0. The van der Waals surface area contributed by atoms with Crippen LogP contribution in [0.5, 0.6) is 0 Å². The average molecular weight is 341 g/mol. The van der Waals surface area contributed by atoms with Gasteiger partial charge in [-0.3, -0.25) is 9.10 Å². The Morgan fingerprint density at radius 3 is 2.86 bits per heavy atom. The number of aryl methyl sites for hydroxylation is 1. The summed E-state index contributed by atoms with van der Waals surface area (Å²) in [6.45, 7) is 1.65. The molecule has 2 aromatic rings. The molecule has 2 aromatic heterocycles. The molecule has 22 heavy (non-hydrogen) atoms. The van der Waals surface area contributed by atoms with Gasteiger partial charge in [-0.2, -0.15) is 0 Å². The van der Waals surface area contributed by atoms with Crippen molar-refractivity contribution in [2.45, 2.75) is 11.1 Å². The standard InChI is InChI=1S/C12H11N3O5S2/c1-6-5-8(14-20-6)13-11(17)9-10(16)7-3-4-21-12(7)22(18,19)15(9)2/h3-5,16H,1-2H3,(H,13,14,17). The van der Waals surface area contributed by atoms with Gasteiger partial charge < -0.3 is 14.9 Å². The predicted molar refractivity (Wildman–Crippen MR) is 78.7 cm³/mol. The lowest BCUT2D eigenvalue weighted by Gasteiger charge is -2.26. The van der Waals surface area contributed by atoms with Crippen LogP contribution < -0.4 is 5.32 Å². The molecule has 0 spiro atoms. The first-order chi connectivity index (χ1) is 10.3. The maximum Gasteiger partial charge on any atom is 0.278 e. The van der Waals surface area contributed by atoms with Crippen LogP contribution in [0.2, 0.25) is 0 Å². The normalized spacial score (nSPS) is 16.5. The van der Waals surface area contributed by atoms with Gasteiger partial charge in [0.05, 0.1) is 5.56 Å². The molecule has 3 heterocycles. The number of aromatic nitrogens is 1. The molecule has 0 atom stereocenters. The number of carbonyl (C=O) groups excluding carboxylic acids is 1. The molecule has 0 aromatic carbocycles. The first-order valence-corrected chi connectivity index (χ1v) is 8.39. The topological polar surface area (TPSA) is 113 Å². The van der Waals surface area contributed by atoms with Gasteiger partial charge in [-0.25, -0.2) is 8.42 Å². The van der Waals surface area contributed by atoms with E-state index in [4.69, 9.17) is 4.52 Å². The number of fused-ring (bicyclic) bond motifs is 1. The fourth-order valence-electron chi connectivity index (χ4n) is 2.04. The fourth-order valence-corrected chi connectivity index (χ4v) is 4.75. The minimum Gasteiger partial charge on any atom is -0.505 e. The van der Waals surface area contributed by atoms with Crippen LogP contribution in [0.1, 0.15) is 11.3 Å². The molecule has 8 nitrogen and oxygen atoms in total. The lowest BCUT2D eigenvalue weighted by molar-refractivity contribution is -0.113. The minimum atomic E-state index is -3.86. The second kappa shape index (κ2) is 4.85. The monoisotopic (exact) mass is 341 g/mol. The Balaban J connectivity index is 2.05. The third-order valence-electron chi connectivity index (χ3n) is 3.10. The number of sulfonamides is 1. The van der Waals surface area contributed by atoms with Gasteiger partial charge in [0.2, 0.25) is 0 Å². The number of hydrogen-bond donors (Lipinski definition) is 2. The third-order valence-corrected chi connectivity index (χ3v) is 6.32. The highest BCUT2D eigenvalue weighted by Gasteiger charge is 2.39. The van der Waals surface area contributed by atoms with Crippen molar-refractivity contribution in [3.05, 3.63) is 34.5 Å². The number of aliphatic hydroxyl groups excluding tert-OH is 1. The summed E-state index contributed by atoms with van der Waals surface area (Å²) in [5.74, 6) is -0.581. The summed E-state index contributed by atoms with van der Waals surface area (Å²) in [4.78, 5) is 12.3. The molecule has 0 fully saturated rings. The molecular formula is C12H11N3O5S2. The molecule has 0 unspecified atom stereocenters. The Morgan fingerprint density at radius 2 is 2.23 bits per heavy atom. The van der Waals surface area contributed by atoms with Gasteiger partial charge in [0.25, 0.3) is 15.9 Å². The number of anilines is 1. The van der Waals surface area contributed by atoms with E-state index in [0.29, 0.717) is 5.76 Å². The van der Waals surface area contributed by atoms with Gasteiger partial charge >= 0.3 is 0 Å². The maximum atomic E-state index is 12.4. The molecule has 0 bridgehead atoms. The smallest absolute Gasteiger partial charge is 0.278 e. The Labute approximate surface area is 129 Å². The van der Waals surface area contributed by atoms with Crippen molar-refractivity contribution in [1.29, 1.82) is 0 Å². The van der Waals surface area contributed by atoms with Crippen molar-refractivity contribution in [3.63, 3.8) is 0 Å². The van der Waals surface area contributed by atoms with Crippen LogP contribution in [0.15, 0.2) is 31.9 Å². The van der Waals surface area contributed by atoms with Crippen LogP contribution in [0.4, 0.5) is 5.82 Å². The van der Waals surface area contributed by atoms with E-state index in [0.717, 1.165) is 15.6 Å². The van der Waals surface area contributed by atoms with Gasteiger partial charge in [0, 0.05) is 13.1 Å². The molecule has 3 rings (SSSR count). The molecule has 0 radical (unpaired) electrons. The zero-order valence-corrected chi connectivity index (χ0v) is 13.2. The van der Waals surface area contributed by atoms with Crippen LogP contribution in [-0.2, 0) is 14.8 Å². The Morgan fingerprint density at radius 1 is 1.50 bits per heavy atom. The van der Waals surface area contributed by atoms with Crippen LogP contribution >= 0.6 is 11.3 Å². The summed E-state index contributed by atoms with van der Waals surface area (Å²) < 4.78 is 30.3. The van der Waals surface area contributed by atoms with Crippen LogP contribution in [0, 0.1) is 6.92 Å². The van der Waals surface area contributed by atoms with E-state index >= 15 is 0 Å². The van der Waals surface area contributed by atoms with E-state index in [1.807, 2.05) is 0 Å². The van der Waals surface area contributed by atoms with E-state index in [-0.39, 0.29) is 21.3 Å². The summed E-state index contributed by atoms with van der Waals surface area (Å²) in [5, 5.41) is 17.8. The number of carbonyl (C=O) groups is 1. The molecular weight excluding hydrogens is 330 g/mol. The highest BCUT2D eigenvalue weighted by Crippen LogP contribution is 2.38. The molecule has 0 aliphatic carbocycles. The number of rotatable bonds is 2. The zero-order chi connectivity index (χ0) is 16.1. The summed E-state index contributed by atoms with van der Waals surface area (Å²) in [5.41, 5.74) is -0.254. The molecule has 0 saturated heterocycles. The first kappa shape index (κ1) is 14.6. The van der Waals surface area contributed by atoms with Gasteiger partial charge in [-0.1, -0.05) is 5.16 Å². The number of thiophene rings is 1. The van der Waals surface area contributed by atoms with Crippen LogP contribution in [0.25, 0.3) is 5.76 Å². The SMILES string of the molecule is Cc1cc(NC(=O)C2=C(O)c3ccsc3S(=O)(=O)N2C)no1. The van der Waals surface area contributed by atoms with Crippen molar-refractivity contribution >= 4 is 38.8 Å². The lowest BCUT2D eigenvalue weighted by Crippen LogP contribution is -2.36. The third kappa shape index (κ3) is 2.07. The summed E-state index contributed by atoms with van der Waals surface area (Å²) in [6, 6.07) is 2.93. The number of hydrogen-bond acceptors (Lipinski definition) is 7. The molecule has 1 aliphatic rings. The minimum absolute atomic E-state index is 0.00123. The van der Waals surface area contributed by atoms with E-state index in [1.165, 1.54) is 24.6 Å². The first-order valence-electron chi connectivity index (χ1n) is 6.07. The fraction of sp³-hybridized carbons (Fsp3) is 0.167. The van der Waals surface area contributed by atoms with Crippen molar-refractivity contribution in [3.8, 4) is 0 Å². The second-order valence-corrected chi connectivity index (χ2v) is 7.65. The van der Waals surface area contributed by atoms with Crippen molar-refractivity contribution in [1.82, 2.24) is 9.46 Å². The highest BCUT2D eigenvalue weighted by molar-refractivity contribution is 7.91.